The smallest absolute Gasteiger partial charge is 0.409 e. The van der Waals surface area contributed by atoms with E-state index in [1.165, 1.54) is 5.56 Å². The number of hydrogen-bond donors (Lipinski definition) is 0. The predicted molar refractivity (Wildman–Crippen MR) is 251 cm³/mol. The van der Waals surface area contributed by atoms with E-state index in [9.17, 15) is 23.6 Å². The van der Waals surface area contributed by atoms with Gasteiger partial charge in [0, 0.05) is 93.1 Å². The van der Waals surface area contributed by atoms with Crippen LogP contribution in [0, 0.1) is 5.82 Å². The van der Waals surface area contributed by atoms with Crippen LogP contribution in [-0.4, -0.2) is 158 Å². The Morgan fingerprint density at radius 1 is 0.662 bits per heavy atom. The Balaban J connectivity index is 0.000000177. The topological polar surface area (TPSA) is 109 Å². The molecule has 7 aliphatic rings. The second kappa shape index (κ2) is 20.6. The largest absolute Gasteiger partial charge is 0.450 e. The number of halogens is 1. The third-order valence-corrected chi connectivity index (χ3v) is 16.2. The summed E-state index contributed by atoms with van der Waals surface area (Å²) in [6, 6.07) is 14.8. The van der Waals surface area contributed by atoms with Crippen LogP contribution in [0.1, 0.15) is 116 Å². The summed E-state index contributed by atoms with van der Waals surface area (Å²) in [6.07, 6.45) is 11.4. The Labute approximate surface area is 386 Å². The molecule has 1 saturated carbocycles. The number of carbonyl (C=O) groups is 4. The van der Waals surface area contributed by atoms with Crippen molar-refractivity contribution in [2.24, 2.45) is 0 Å². The fourth-order valence-electron chi connectivity index (χ4n) is 12.5. The second-order valence-electron chi connectivity index (χ2n) is 19.5. The molecule has 356 valence electrons. The third kappa shape index (κ3) is 9.71. The average Bonchev–Trinajstić information content (AvgIpc) is 3.82. The molecule has 2 spiro atoms. The first kappa shape index (κ1) is 47.1. The van der Waals surface area contributed by atoms with Crippen LogP contribution >= 0.6 is 0 Å². The van der Waals surface area contributed by atoms with Crippen LogP contribution in [0.25, 0.3) is 0 Å². The molecule has 2 aromatic rings. The lowest BCUT2D eigenvalue weighted by Gasteiger charge is -2.45. The summed E-state index contributed by atoms with van der Waals surface area (Å²) >= 11 is 0. The molecule has 1 aliphatic carbocycles. The van der Waals surface area contributed by atoms with E-state index in [2.05, 4.69) is 32.9 Å². The normalized spacial score (nSPS) is 23.5. The molecule has 14 heteroatoms. The lowest BCUT2D eigenvalue weighted by molar-refractivity contribution is -0.121. The molecule has 1 unspecified atom stereocenters. The summed E-state index contributed by atoms with van der Waals surface area (Å²) in [4.78, 5) is 65.1. The van der Waals surface area contributed by atoms with Gasteiger partial charge < -0.3 is 38.9 Å². The molecule has 0 N–H and O–H groups in total. The number of anilines is 2. The van der Waals surface area contributed by atoms with Gasteiger partial charge in [-0.2, -0.15) is 0 Å². The number of rotatable bonds is 7. The van der Waals surface area contributed by atoms with Crippen LogP contribution in [0.5, 0.6) is 0 Å². The maximum atomic E-state index is 14.3. The van der Waals surface area contributed by atoms with E-state index in [0.29, 0.717) is 37.5 Å². The number of nitrogens with zero attached hydrogens (tertiary/aromatic N) is 7. The van der Waals surface area contributed by atoms with Crippen molar-refractivity contribution in [2.75, 3.05) is 102 Å². The molecule has 6 aliphatic heterocycles. The van der Waals surface area contributed by atoms with Crippen LogP contribution in [0.2, 0.25) is 0 Å². The van der Waals surface area contributed by atoms with Crippen molar-refractivity contribution in [3.05, 3.63) is 59.4 Å². The minimum Gasteiger partial charge on any atom is -0.450 e. The van der Waals surface area contributed by atoms with Crippen LogP contribution in [-0.2, 0) is 25.1 Å². The lowest BCUT2D eigenvalue weighted by atomic mass is 9.73. The number of ketones is 1. The number of carbonyl (C=O) groups excluding carboxylic acids is 4. The number of benzene rings is 2. The van der Waals surface area contributed by atoms with Gasteiger partial charge in [0.2, 0.25) is 0 Å². The van der Waals surface area contributed by atoms with Crippen molar-refractivity contribution >= 4 is 35.4 Å². The van der Waals surface area contributed by atoms with E-state index >= 15 is 0 Å². The number of fused-ring (bicyclic) bond motifs is 4. The lowest BCUT2D eigenvalue weighted by Crippen LogP contribution is -2.53. The molecule has 5 fully saturated rings. The number of urea groups is 1. The third-order valence-electron chi connectivity index (χ3n) is 16.2. The summed E-state index contributed by atoms with van der Waals surface area (Å²) < 4.78 is 24.6. The highest BCUT2D eigenvalue weighted by Gasteiger charge is 2.50. The van der Waals surface area contributed by atoms with Crippen LogP contribution in [0.3, 0.4) is 0 Å². The molecule has 9 rings (SSSR count). The van der Waals surface area contributed by atoms with E-state index in [0.717, 1.165) is 166 Å². The fraction of sp³-hybridized carbons (Fsp3) is 0.686. The summed E-state index contributed by atoms with van der Waals surface area (Å²) in [5.74, 6) is 0.165. The number of para-hydroxylation sites is 1. The zero-order chi connectivity index (χ0) is 45.7. The molecule has 6 heterocycles. The Kier molecular flexibility index (Phi) is 14.9. The Morgan fingerprint density at radius 3 is 1.72 bits per heavy atom. The first-order valence-corrected chi connectivity index (χ1v) is 25.1. The van der Waals surface area contributed by atoms with Gasteiger partial charge in [0.15, 0.2) is 5.78 Å². The molecule has 2 aromatic carbocycles. The highest BCUT2D eigenvalue weighted by Crippen LogP contribution is 2.50. The SMILES string of the molecule is CCOC(=O)N1CCC(N2CCC3(CC2)CN(C(=O)N(CC)CC)c2ccccc23)CC1.CCOC(=O)N1CCC(N2CCC3(CC2)CN(C2CCCCC2=O)c2ccc(F)cc23)CC1. The van der Waals surface area contributed by atoms with Gasteiger partial charge >= 0.3 is 18.2 Å². The zero-order valence-electron chi connectivity index (χ0n) is 39.6. The molecule has 4 amide bonds. The maximum Gasteiger partial charge on any atom is 0.409 e. The standard InChI is InChI=1S/C26H36FN3O3.C25H38N4O3/c1-2-33-25(32)29-13-9-20(10-14-29)28-15-11-26(12-16-28)18-30(23-5-3-4-6-24(23)31)22-8-7-19(27)17-21(22)26;1-4-26(5-2)23(30)29-19-25(21-9-7-8-10-22(21)29)13-17-27(18-14-25)20-11-15-28(16-12-20)24(31)32-6-3/h7-8,17,20,23H,2-6,9-16,18H2,1H3;7-10,20H,4-6,11-19H2,1-3H3. The van der Waals surface area contributed by atoms with E-state index < -0.39 is 0 Å². The first-order valence-electron chi connectivity index (χ1n) is 25.1. The Bertz CT molecular complexity index is 1980. The monoisotopic (exact) mass is 900 g/mol. The van der Waals surface area contributed by atoms with E-state index in [1.54, 1.807) is 12.1 Å². The number of ether oxygens (including phenoxy) is 2. The highest BCUT2D eigenvalue weighted by molar-refractivity contribution is 5.95. The summed E-state index contributed by atoms with van der Waals surface area (Å²) in [7, 11) is 0. The van der Waals surface area contributed by atoms with Crippen LogP contribution in [0.4, 0.5) is 30.1 Å². The van der Waals surface area contributed by atoms with Crippen molar-refractivity contribution < 1.29 is 33.0 Å². The van der Waals surface area contributed by atoms with Crippen molar-refractivity contribution in [2.45, 2.75) is 134 Å². The highest BCUT2D eigenvalue weighted by atomic mass is 19.1. The molecule has 1 atom stereocenters. The van der Waals surface area contributed by atoms with Gasteiger partial charge in [0.1, 0.15) is 5.82 Å². The van der Waals surface area contributed by atoms with Gasteiger partial charge in [-0.1, -0.05) is 24.6 Å². The van der Waals surface area contributed by atoms with Crippen molar-refractivity contribution in [3.8, 4) is 0 Å². The van der Waals surface area contributed by atoms with E-state index in [1.807, 2.05) is 59.4 Å². The van der Waals surface area contributed by atoms with Gasteiger partial charge in [-0.05, 0) is 153 Å². The van der Waals surface area contributed by atoms with Crippen molar-refractivity contribution in [1.29, 1.82) is 0 Å². The van der Waals surface area contributed by atoms with Gasteiger partial charge in [-0.15, -0.1) is 0 Å². The average molecular weight is 900 g/mol. The molecule has 0 bridgehead atoms. The molecular weight excluding hydrogens is 826 g/mol. The molecule has 65 heavy (non-hydrogen) atoms. The predicted octanol–water partition coefficient (Wildman–Crippen LogP) is 8.03. The van der Waals surface area contributed by atoms with Gasteiger partial charge in [0.25, 0.3) is 0 Å². The van der Waals surface area contributed by atoms with E-state index in [-0.39, 0.29) is 40.9 Å². The second-order valence-corrected chi connectivity index (χ2v) is 19.5. The quantitative estimate of drug-likeness (QED) is 0.273. The van der Waals surface area contributed by atoms with Crippen LogP contribution < -0.4 is 9.80 Å². The van der Waals surface area contributed by atoms with Gasteiger partial charge in [0.05, 0.1) is 19.3 Å². The number of piperidine rings is 4. The zero-order valence-corrected chi connectivity index (χ0v) is 39.6. The molecule has 4 saturated heterocycles. The number of Topliss-reactive ketones (excluding diaryl/α,β-unsaturated/α-hetero) is 1. The van der Waals surface area contributed by atoms with Crippen molar-refractivity contribution in [1.82, 2.24) is 24.5 Å². The van der Waals surface area contributed by atoms with Crippen LogP contribution in [0.15, 0.2) is 42.5 Å². The summed E-state index contributed by atoms with van der Waals surface area (Å²) in [6.45, 7) is 18.8. The van der Waals surface area contributed by atoms with Gasteiger partial charge in [-0.3, -0.25) is 9.69 Å². The first-order chi connectivity index (χ1) is 31.5. The molecule has 13 nitrogen and oxygen atoms in total. The minimum absolute atomic E-state index is 0.0485. The molecule has 0 radical (unpaired) electrons. The Morgan fingerprint density at radius 2 is 1.20 bits per heavy atom. The van der Waals surface area contributed by atoms with Crippen molar-refractivity contribution in [3.63, 3.8) is 0 Å². The maximum absolute atomic E-state index is 14.3. The Hall–Kier alpha value is -4.43. The summed E-state index contributed by atoms with van der Waals surface area (Å²) in [5.41, 5.74) is 4.61. The van der Waals surface area contributed by atoms with Gasteiger partial charge in [-0.25, -0.2) is 18.8 Å². The summed E-state index contributed by atoms with van der Waals surface area (Å²) in [5, 5.41) is 0. The number of amides is 4. The fourth-order valence-corrected chi connectivity index (χ4v) is 12.5. The van der Waals surface area contributed by atoms with E-state index in [4.69, 9.17) is 9.47 Å². The molecular formula is C51H74FN7O6. The molecule has 0 aromatic heterocycles. The number of likely N-dealkylation sites (tertiary alicyclic amines) is 4. The minimum atomic E-state index is -0.199. The number of hydrogen-bond acceptors (Lipinski definition) is 9.